The molecule has 0 aromatic heterocycles. The maximum atomic E-state index is 13.4. The molecule has 1 heterocycles. The number of nitrogens with two attached hydrogens (primary N) is 1. The van der Waals surface area contributed by atoms with E-state index in [4.69, 9.17) is 5.73 Å². The van der Waals surface area contributed by atoms with Gasteiger partial charge < -0.3 is 11.1 Å². The number of carbonyl (C=O) groups is 1. The molecule has 0 bridgehead atoms. The molecule has 6 heteroatoms. The Morgan fingerprint density at radius 3 is 2.81 bits per heavy atom. The van der Waals surface area contributed by atoms with Crippen LogP contribution in [0.15, 0.2) is 18.2 Å². The van der Waals surface area contributed by atoms with Gasteiger partial charge in [-0.15, -0.1) is 0 Å². The van der Waals surface area contributed by atoms with E-state index in [1.54, 1.807) is 0 Å². The van der Waals surface area contributed by atoms with E-state index >= 15 is 0 Å². The van der Waals surface area contributed by atoms with Gasteiger partial charge in [0.25, 0.3) is 5.91 Å². The van der Waals surface area contributed by atoms with Crippen molar-refractivity contribution < 1.29 is 13.4 Å². The van der Waals surface area contributed by atoms with E-state index in [0.717, 1.165) is 0 Å². The third-order valence-corrected chi connectivity index (χ3v) is 4.66. The van der Waals surface area contributed by atoms with Gasteiger partial charge in [-0.1, -0.05) is 11.8 Å². The summed E-state index contributed by atoms with van der Waals surface area (Å²) in [6.45, 7) is 0.173. The molecule has 1 aromatic rings. The van der Waals surface area contributed by atoms with Gasteiger partial charge in [-0.3, -0.25) is 9.00 Å². The third kappa shape index (κ3) is 4.38. The Morgan fingerprint density at radius 2 is 2.14 bits per heavy atom. The Bertz CT molecular complexity index is 612. The lowest BCUT2D eigenvalue weighted by Gasteiger charge is -2.22. The molecule has 1 aromatic carbocycles. The molecule has 0 saturated carbocycles. The average molecular weight is 308 g/mol. The molecule has 21 heavy (non-hydrogen) atoms. The van der Waals surface area contributed by atoms with Crippen LogP contribution in [0.5, 0.6) is 0 Å². The van der Waals surface area contributed by atoms with Crippen molar-refractivity contribution in [2.24, 2.45) is 5.73 Å². The van der Waals surface area contributed by atoms with Crippen molar-refractivity contribution in [3.8, 4) is 11.8 Å². The Hall–Kier alpha value is -1.71. The second-order valence-corrected chi connectivity index (χ2v) is 6.49. The van der Waals surface area contributed by atoms with Gasteiger partial charge in [-0.25, -0.2) is 4.39 Å². The van der Waals surface area contributed by atoms with Crippen molar-refractivity contribution in [3.05, 3.63) is 35.1 Å². The van der Waals surface area contributed by atoms with Crippen molar-refractivity contribution in [1.29, 1.82) is 0 Å². The molecule has 112 valence electrons. The Kier molecular flexibility index (Phi) is 5.48. The largest absolute Gasteiger partial charge is 0.349 e. The summed E-state index contributed by atoms with van der Waals surface area (Å²) in [6, 6.07) is 3.90. The van der Waals surface area contributed by atoms with Gasteiger partial charge in [0.05, 0.1) is 12.1 Å². The summed E-state index contributed by atoms with van der Waals surface area (Å²) < 4.78 is 24.7. The minimum Gasteiger partial charge on any atom is -0.349 e. The first-order chi connectivity index (χ1) is 10.1. The topological polar surface area (TPSA) is 72.2 Å². The maximum absolute atomic E-state index is 13.4. The second kappa shape index (κ2) is 7.34. The quantitative estimate of drug-likeness (QED) is 0.793. The number of carbonyl (C=O) groups excluding carboxylic acids is 1. The minimum absolute atomic E-state index is 0.0196. The molecular formula is C15H17FN2O2S. The van der Waals surface area contributed by atoms with E-state index in [1.165, 1.54) is 18.2 Å². The number of rotatable bonds is 2. The first-order valence-electron chi connectivity index (χ1n) is 6.74. The SMILES string of the molecule is NCC#Cc1ccc(F)cc1C(=O)NC1CCS(=O)CC1. The second-order valence-electron chi connectivity index (χ2n) is 4.79. The van der Waals surface area contributed by atoms with Crippen LogP contribution >= 0.6 is 0 Å². The van der Waals surface area contributed by atoms with Gasteiger partial charge >= 0.3 is 0 Å². The van der Waals surface area contributed by atoms with Gasteiger partial charge in [0.1, 0.15) is 5.82 Å². The van der Waals surface area contributed by atoms with E-state index in [0.29, 0.717) is 29.9 Å². The summed E-state index contributed by atoms with van der Waals surface area (Å²) in [4.78, 5) is 12.3. The molecule has 4 nitrogen and oxygen atoms in total. The minimum atomic E-state index is -0.780. The molecule has 1 saturated heterocycles. The van der Waals surface area contributed by atoms with Crippen LogP contribution in [-0.2, 0) is 10.8 Å². The van der Waals surface area contributed by atoms with Crippen molar-refractivity contribution in [2.45, 2.75) is 18.9 Å². The summed E-state index contributed by atoms with van der Waals surface area (Å²) in [5.74, 6) is 5.78. The highest BCUT2D eigenvalue weighted by atomic mass is 32.2. The van der Waals surface area contributed by atoms with Gasteiger partial charge in [0.15, 0.2) is 0 Å². The lowest BCUT2D eigenvalue weighted by molar-refractivity contribution is 0.0934. The third-order valence-electron chi connectivity index (χ3n) is 3.27. The Balaban J connectivity index is 2.14. The number of halogens is 1. The van der Waals surface area contributed by atoms with E-state index < -0.39 is 16.6 Å². The number of hydrogen-bond donors (Lipinski definition) is 2. The Labute approximate surface area is 125 Å². The fraction of sp³-hybridized carbons (Fsp3) is 0.400. The van der Waals surface area contributed by atoms with E-state index in [9.17, 15) is 13.4 Å². The maximum Gasteiger partial charge on any atom is 0.252 e. The summed E-state index contributed by atoms with van der Waals surface area (Å²) in [5, 5.41) is 2.86. The highest BCUT2D eigenvalue weighted by Gasteiger charge is 2.21. The predicted octanol–water partition coefficient (Wildman–Crippen LogP) is 0.777. The molecule has 0 spiro atoms. The molecule has 0 atom stereocenters. The lowest BCUT2D eigenvalue weighted by Crippen LogP contribution is -2.39. The molecular weight excluding hydrogens is 291 g/mol. The summed E-state index contributed by atoms with van der Waals surface area (Å²) in [6.07, 6.45) is 1.36. The zero-order valence-corrected chi connectivity index (χ0v) is 12.3. The average Bonchev–Trinajstić information content (AvgIpc) is 2.48. The molecule has 2 rings (SSSR count). The van der Waals surface area contributed by atoms with Crippen molar-refractivity contribution in [1.82, 2.24) is 5.32 Å². The van der Waals surface area contributed by atoms with E-state index in [1.807, 2.05) is 0 Å². The van der Waals surface area contributed by atoms with Gasteiger partial charge in [-0.2, -0.15) is 0 Å². The summed E-state index contributed by atoms with van der Waals surface area (Å²) >= 11 is 0. The highest BCUT2D eigenvalue weighted by Crippen LogP contribution is 2.14. The normalized spacial score (nSPS) is 21.2. The van der Waals surface area contributed by atoms with Crippen molar-refractivity contribution in [3.63, 3.8) is 0 Å². The molecule has 0 aliphatic carbocycles. The molecule has 1 aliphatic rings. The fourth-order valence-corrected chi connectivity index (χ4v) is 3.46. The first-order valence-corrected chi connectivity index (χ1v) is 8.23. The summed E-state index contributed by atoms with van der Waals surface area (Å²) in [7, 11) is -0.780. The molecule has 0 unspecified atom stereocenters. The van der Waals surface area contributed by atoms with Crippen molar-refractivity contribution in [2.75, 3.05) is 18.1 Å². The van der Waals surface area contributed by atoms with Crippen LogP contribution in [0.4, 0.5) is 4.39 Å². The van der Waals surface area contributed by atoms with Crippen LogP contribution in [0, 0.1) is 17.7 Å². The fourth-order valence-electron chi connectivity index (χ4n) is 2.16. The number of hydrogen-bond acceptors (Lipinski definition) is 3. The van der Waals surface area contributed by atoms with Crippen LogP contribution in [0.3, 0.4) is 0 Å². The number of nitrogens with one attached hydrogen (secondary N) is 1. The van der Waals surface area contributed by atoms with Gasteiger partial charge in [-0.05, 0) is 31.0 Å². The van der Waals surface area contributed by atoms with Crippen LogP contribution in [0.2, 0.25) is 0 Å². The smallest absolute Gasteiger partial charge is 0.252 e. The zero-order chi connectivity index (χ0) is 15.2. The van der Waals surface area contributed by atoms with Gasteiger partial charge in [0, 0.05) is 33.9 Å². The molecule has 1 fully saturated rings. The van der Waals surface area contributed by atoms with Crippen LogP contribution in [0.25, 0.3) is 0 Å². The predicted molar refractivity (Wildman–Crippen MR) is 80.7 cm³/mol. The molecule has 0 radical (unpaired) electrons. The summed E-state index contributed by atoms with van der Waals surface area (Å²) in [5.41, 5.74) is 5.99. The van der Waals surface area contributed by atoms with E-state index in [2.05, 4.69) is 17.2 Å². The highest BCUT2D eigenvalue weighted by molar-refractivity contribution is 7.85. The number of benzene rings is 1. The zero-order valence-electron chi connectivity index (χ0n) is 11.5. The molecule has 1 aliphatic heterocycles. The first kappa shape index (κ1) is 15.7. The number of amides is 1. The molecule has 1 amide bonds. The Morgan fingerprint density at radius 1 is 1.43 bits per heavy atom. The molecule has 3 N–H and O–H groups in total. The lowest BCUT2D eigenvalue weighted by atomic mass is 10.1. The standard InChI is InChI=1S/C15H17FN2O2S/c16-12-4-3-11(2-1-7-17)14(10-12)15(19)18-13-5-8-21(20)9-6-13/h3-4,10,13H,5-9,17H2,(H,18,19). The van der Waals surface area contributed by atoms with Crippen LogP contribution < -0.4 is 11.1 Å². The van der Waals surface area contributed by atoms with Gasteiger partial charge in [0.2, 0.25) is 0 Å². The van der Waals surface area contributed by atoms with E-state index in [-0.39, 0.29) is 24.1 Å². The van der Waals surface area contributed by atoms with Crippen LogP contribution in [-0.4, -0.2) is 34.2 Å². The monoisotopic (exact) mass is 308 g/mol. The van der Waals surface area contributed by atoms with Crippen LogP contribution in [0.1, 0.15) is 28.8 Å². The van der Waals surface area contributed by atoms with Crippen molar-refractivity contribution >= 4 is 16.7 Å².